The molecular formula is C21H21NOS. The lowest BCUT2D eigenvalue weighted by Gasteiger charge is -2.13. The van der Waals surface area contributed by atoms with Gasteiger partial charge in [-0.05, 0) is 50.1 Å². The van der Waals surface area contributed by atoms with E-state index in [1.165, 1.54) is 5.56 Å². The maximum absolute atomic E-state index is 13.1. The van der Waals surface area contributed by atoms with E-state index in [9.17, 15) is 4.21 Å². The Hall–Kier alpha value is -2.26. The molecule has 122 valence electrons. The van der Waals surface area contributed by atoms with Crippen LogP contribution >= 0.6 is 0 Å². The van der Waals surface area contributed by atoms with E-state index in [0.29, 0.717) is 0 Å². The standard InChI is InChI=1S/C21H21NOS/c1-4-17-12-11-16(3)22-21(17)19-7-5-6-8-20(19)24(23)18-13-9-15(2)10-14-18/h5-14H,4H2,1-3H3/t24-/m0/s1. The minimum absolute atomic E-state index is 0.814. The van der Waals surface area contributed by atoms with Crippen LogP contribution in [0.3, 0.4) is 0 Å². The second kappa shape index (κ2) is 7.10. The average molecular weight is 335 g/mol. The molecule has 2 nitrogen and oxygen atoms in total. The molecule has 0 fully saturated rings. The molecule has 3 heteroatoms. The predicted molar refractivity (Wildman–Crippen MR) is 99.6 cm³/mol. The van der Waals surface area contributed by atoms with Crippen LogP contribution in [0.2, 0.25) is 0 Å². The van der Waals surface area contributed by atoms with E-state index >= 15 is 0 Å². The van der Waals surface area contributed by atoms with Gasteiger partial charge in [0, 0.05) is 16.2 Å². The zero-order valence-electron chi connectivity index (χ0n) is 14.2. The topological polar surface area (TPSA) is 30.0 Å². The van der Waals surface area contributed by atoms with Crippen molar-refractivity contribution < 1.29 is 4.21 Å². The van der Waals surface area contributed by atoms with E-state index < -0.39 is 10.8 Å². The first-order valence-electron chi connectivity index (χ1n) is 8.14. The molecule has 0 bridgehead atoms. The van der Waals surface area contributed by atoms with Gasteiger partial charge in [0.05, 0.1) is 21.4 Å². The monoisotopic (exact) mass is 335 g/mol. The second-order valence-corrected chi connectivity index (χ2v) is 7.34. The summed E-state index contributed by atoms with van der Waals surface area (Å²) in [6.07, 6.45) is 0.897. The second-order valence-electron chi connectivity index (χ2n) is 5.89. The van der Waals surface area contributed by atoms with E-state index in [1.54, 1.807) is 0 Å². The lowest BCUT2D eigenvalue weighted by Crippen LogP contribution is -2.00. The van der Waals surface area contributed by atoms with Crippen LogP contribution in [0.4, 0.5) is 0 Å². The molecule has 3 aromatic rings. The van der Waals surface area contributed by atoms with Crippen molar-refractivity contribution in [1.29, 1.82) is 0 Å². The number of pyridine rings is 1. The van der Waals surface area contributed by atoms with Crippen molar-refractivity contribution in [3.8, 4) is 11.3 Å². The highest BCUT2D eigenvalue weighted by Crippen LogP contribution is 2.30. The maximum Gasteiger partial charge on any atom is 0.0856 e. The summed E-state index contributed by atoms with van der Waals surface area (Å²) in [5.74, 6) is 0. The Bertz CT molecular complexity index is 885. The summed E-state index contributed by atoms with van der Waals surface area (Å²) in [7, 11) is -1.22. The van der Waals surface area contributed by atoms with Crippen LogP contribution in [0, 0.1) is 13.8 Å². The van der Waals surface area contributed by atoms with Crippen molar-refractivity contribution in [1.82, 2.24) is 4.98 Å². The average Bonchev–Trinajstić information content (AvgIpc) is 2.62. The van der Waals surface area contributed by atoms with Gasteiger partial charge in [-0.3, -0.25) is 4.98 Å². The van der Waals surface area contributed by atoms with Crippen molar-refractivity contribution in [2.75, 3.05) is 0 Å². The normalized spacial score (nSPS) is 12.1. The summed E-state index contributed by atoms with van der Waals surface area (Å²) in [6, 6.07) is 19.9. The van der Waals surface area contributed by atoms with E-state index in [4.69, 9.17) is 4.98 Å². The molecule has 0 aliphatic rings. The Morgan fingerprint density at radius 3 is 2.33 bits per heavy atom. The van der Waals surface area contributed by atoms with Gasteiger partial charge < -0.3 is 0 Å². The third-order valence-electron chi connectivity index (χ3n) is 4.08. The van der Waals surface area contributed by atoms with Gasteiger partial charge in [-0.1, -0.05) is 48.9 Å². The fraction of sp³-hybridized carbons (Fsp3) is 0.190. The number of aryl methyl sites for hydroxylation is 3. The zero-order chi connectivity index (χ0) is 17.1. The Kier molecular flexibility index (Phi) is 4.91. The molecule has 0 N–H and O–H groups in total. The van der Waals surface area contributed by atoms with E-state index in [2.05, 4.69) is 13.0 Å². The summed E-state index contributed by atoms with van der Waals surface area (Å²) in [6.45, 7) is 6.14. The minimum Gasteiger partial charge on any atom is -0.253 e. The van der Waals surface area contributed by atoms with Gasteiger partial charge in [0.15, 0.2) is 0 Å². The first-order chi connectivity index (χ1) is 11.6. The van der Waals surface area contributed by atoms with E-state index in [1.807, 2.05) is 68.4 Å². The summed E-state index contributed by atoms with van der Waals surface area (Å²) < 4.78 is 13.1. The Morgan fingerprint density at radius 1 is 0.917 bits per heavy atom. The predicted octanol–water partition coefficient (Wildman–Crippen LogP) is 5.09. The van der Waals surface area contributed by atoms with Gasteiger partial charge in [-0.2, -0.15) is 0 Å². The number of aromatic nitrogens is 1. The van der Waals surface area contributed by atoms with Crippen molar-refractivity contribution >= 4 is 10.8 Å². The first-order valence-corrected chi connectivity index (χ1v) is 9.29. The van der Waals surface area contributed by atoms with Crippen LogP contribution < -0.4 is 0 Å². The molecule has 1 atom stereocenters. The van der Waals surface area contributed by atoms with Crippen molar-refractivity contribution in [3.63, 3.8) is 0 Å². The summed E-state index contributed by atoms with van der Waals surface area (Å²) in [5, 5.41) is 0. The highest BCUT2D eigenvalue weighted by molar-refractivity contribution is 7.85. The van der Waals surface area contributed by atoms with Crippen LogP contribution in [-0.2, 0) is 17.2 Å². The van der Waals surface area contributed by atoms with Crippen LogP contribution in [-0.4, -0.2) is 9.19 Å². The molecule has 0 saturated carbocycles. The van der Waals surface area contributed by atoms with Crippen LogP contribution in [0.1, 0.15) is 23.7 Å². The number of hydrogen-bond acceptors (Lipinski definition) is 2. The van der Waals surface area contributed by atoms with Gasteiger partial charge in [-0.15, -0.1) is 0 Å². The molecule has 0 aliphatic heterocycles. The SMILES string of the molecule is CCc1ccc(C)nc1-c1ccccc1[S@@](=O)c1ccc(C)cc1. The Labute approximate surface area is 146 Å². The third kappa shape index (κ3) is 3.31. The smallest absolute Gasteiger partial charge is 0.0856 e. The van der Waals surface area contributed by atoms with E-state index in [0.717, 1.165) is 38.7 Å². The van der Waals surface area contributed by atoms with Gasteiger partial charge in [0.1, 0.15) is 0 Å². The molecule has 0 unspecified atom stereocenters. The van der Waals surface area contributed by atoms with Crippen molar-refractivity contribution in [3.05, 3.63) is 77.5 Å². The van der Waals surface area contributed by atoms with Gasteiger partial charge in [-0.25, -0.2) is 4.21 Å². The molecule has 0 aliphatic carbocycles. The summed E-state index contributed by atoms with van der Waals surface area (Å²) in [4.78, 5) is 6.36. The fourth-order valence-electron chi connectivity index (χ4n) is 2.72. The molecule has 0 radical (unpaired) electrons. The quantitative estimate of drug-likeness (QED) is 0.664. The molecule has 0 spiro atoms. The number of nitrogens with zero attached hydrogens (tertiary/aromatic N) is 1. The maximum atomic E-state index is 13.1. The summed E-state index contributed by atoms with van der Waals surface area (Å²) >= 11 is 0. The minimum atomic E-state index is -1.22. The Morgan fingerprint density at radius 2 is 1.62 bits per heavy atom. The molecule has 0 saturated heterocycles. The van der Waals surface area contributed by atoms with Crippen molar-refractivity contribution in [2.45, 2.75) is 37.0 Å². The fourth-order valence-corrected chi connectivity index (χ4v) is 3.92. The molecule has 24 heavy (non-hydrogen) atoms. The first kappa shape index (κ1) is 16.6. The lowest BCUT2D eigenvalue weighted by atomic mass is 10.0. The number of benzene rings is 2. The highest BCUT2D eigenvalue weighted by Gasteiger charge is 2.16. The number of rotatable bonds is 4. The molecule has 3 rings (SSSR count). The molecule has 0 amide bonds. The molecular weight excluding hydrogens is 314 g/mol. The molecule has 1 aromatic heterocycles. The highest BCUT2D eigenvalue weighted by atomic mass is 32.2. The Balaban J connectivity index is 2.14. The van der Waals surface area contributed by atoms with Gasteiger partial charge in [0.2, 0.25) is 0 Å². The summed E-state index contributed by atoms with van der Waals surface area (Å²) in [5.41, 5.74) is 5.20. The third-order valence-corrected chi connectivity index (χ3v) is 5.53. The van der Waals surface area contributed by atoms with E-state index in [-0.39, 0.29) is 0 Å². The van der Waals surface area contributed by atoms with Gasteiger partial charge in [0.25, 0.3) is 0 Å². The zero-order valence-corrected chi connectivity index (χ0v) is 15.1. The lowest BCUT2D eigenvalue weighted by molar-refractivity contribution is 0.683. The number of hydrogen-bond donors (Lipinski definition) is 0. The van der Waals surface area contributed by atoms with Crippen LogP contribution in [0.25, 0.3) is 11.3 Å². The van der Waals surface area contributed by atoms with Crippen molar-refractivity contribution in [2.24, 2.45) is 0 Å². The molecule has 2 aromatic carbocycles. The van der Waals surface area contributed by atoms with Crippen LogP contribution in [0.5, 0.6) is 0 Å². The van der Waals surface area contributed by atoms with Gasteiger partial charge >= 0.3 is 0 Å². The largest absolute Gasteiger partial charge is 0.253 e. The molecule has 1 heterocycles. The van der Waals surface area contributed by atoms with Crippen LogP contribution in [0.15, 0.2) is 70.5 Å².